The van der Waals surface area contributed by atoms with Crippen LogP contribution in [0.1, 0.15) is 51.0 Å². The molecule has 0 spiro atoms. The van der Waals surface area contributed by atoms with Crippen LogP contribution in [0.2, 0.25) is 0 Å². The Hall–Kier alpha value is -0.920. The summed E-state index contributed by atoms with van der Waals surface area (Å²) in [6.45, 7) is 4.72. The highest BCUT2D eigenvalue weighted by molar-refractivity contribution is 7.89. The minimum Gasteiger partial charge on any atom is -0.313 e. The van der Waals surface area contributed by atoms with E-state index in [2.05, 4.69) is 22.4 Å². The summed E-state index contributed by atoms with van der Waals surface area (Å²) in [7, 11) is -3.45. The van der Waals surface area contributed by atoms with Gasteiger partial charge in [0.05, 0.1) is 6.20 Å². The molecule has 1 saturated heterocycles. The Morgan fingerprint density at radius 1 is 1.24 bits per heavy atom. The molecule has 1 aliphatic heterocycles. The van der Waals surface area contributed by atoms with Crippen LogP contribution in [0.5, 0.6) is 0 Å². The lowest BCUT2D eigenvalue weighted by atomic mass is 10.1. The zero-order valence-electron chi connectivity index (χ0n) is 12.8. The maximum Gasteiger partial charge on any atom is 0.260 e. The molecule has 1 aliphatic rings. The molecule has 7 heteroatoms. The number of H-pyrrole nitrogens is 1. The van der Waals surface area contributed by atoms with E-state index in [9.17, 15) is 8.42 Å². The van der Waals surface area contributed by atoms with Gasteiger partial charge in [-0.1, -0.05) is 26.2 Å². The fourth-order valence-electron chi connectivity index (χ4n) is 2.64. The van der Waals surface area contributed by atoms with Crippen molar-refractivity contribution in [1.29, 1.82) is 0 Å². The molecule has 2 heterocycles. The summed E-state index contributed by atoms with van der Waals surface area (Å²) in [4.78, 5) is 0. The molecule has 0 unspecified atom stereocenters. The van der Waals surface area contributed by atoms with E-state index < -0.39 is 10.0 Å². The topological polar surface area (TPSA) is 78.1 Å². The lowest BCUT2D eigenvalue weighted by Crippen LogP contribution is -2.34. The Morgan fingerprint density at radius 3 is 2.57 bits per heavy atom. The van der Waals surface area contributed by atoms with E-state index in [4.69, 9.17) is 0 Å². The molecule has 0 radical (unpaired) electrons. The molecule has 1 fully saturated rings. The standard InChI is InChI=1S/C14H26N4O2S/c1-2-8-15-11-13-12-16-17-14(13)21(19,20)18-9-6-4-3-5-7-10-18/h12,15H,2-11H2,1H3,(H,16,17). The van der Waals surface area contributed by atoms with Gasteiger partial charge in [-0.05, 0) is 25.8 Å². The molecule has 0 aromatic carbocycles. The van der Waals surface area contributed by atoms with Crippen molar-refractivity contribution in [3.05, 3.63) is 11.8 Å². The molecule has 1 aromatic heterocycles. The third-order valence-electron chi connectivity index (χ3n) is 3.83. The Kier molecular flexibility index (Phi) is 6.20. The van der Waals surface area contributed by atoms with E-state index in [0.717, 1.165) is 44.2 Å². The van der Waals surface area contributed by atoms with Crippen molar-refractivity contribution in [2.45, 2.75) is 57.0 Å². The highest BCUT2D eigenvalue weighted by Crippen LogP contribution is 2.21. The van der Waals surface area contributed by atoms with Crippen LogP contribution >= 0.6 is 0 Å². The van der Waals surface area contributed by atoms with Gasteiger partial charge in [-0.15, -0.1) is 0 Å². The molecule has 0 saturated carbocycles. The van der Waals surface area contributed by atoms with Gasteiger partial charge in [0.1, 0.15) is 0 Å². The van der Waals surface area contributed by atoms with Gasteiger partial charge in [0.25, 0.3) is 10.0 Å². The Labute approximate surface area is 127 Å². The second-order valence-corrected chi connectivity index (χ2v) is 7.45. The summed E-state index contributed by atoms with van der Waals surface area (Å²) in [5.74, 6) is 0. The van der Waals surface area contributed by atoms with E-state index in [1.807, 2.05) is 0 Å². The molecule has 0 bridgehead atoms. The van der Waals surface area contributed by atoms with E-state index >= 15 is 0 Å². The van der Waals surface area contributed by atoms with Crippen molar-refractivity contribution in [3.8, 4) is 0 Å². The maximum atomic E-state index is 12.8. The van der Waals surface area contributed by atoms with Crippen molar-refractivity contribution >= 4 is 10.0 Å². The first-order valence-corrected chi connectivity index (χ1v) is 9.33. The molecular formula is C14H26N4O2S. The van der Waals surface area contributed by atoms with Crippen LogP contribution < -0.4 is 5.32 Å². The predicted octanol–water partition coefficient (Wildman–Crippen LogP) is 1.86. The van der Waals surface area contributed by atoms with E-state index in [-0.39, 0.29) is 5.03 Å². The van der Waals surface area contributed by atoms with Gasteiger partial charge in [0.15, 0.2) is 5.03 Å². The summed E-state index contributed by atoms with van der Waals surface area (Å²) in [5.41, 5.74) is 0.727. The van der Waals surface area contributed by atoms with Crippen LogP contribution in [0, 0.1) is 0 Å². The molecular weight excluding hydrogens is 288 g/mol. The second-order valence-electron chi connectivity index (χ2n) is 5.57. The van der Waals surface area contributed by atoms with Crippen LogP contribution in [0.4, 0.5) is 0 Å². The van der Waals surface area contributed by atoms with Gasteiger partial charge < -0.3 is 5.32 Å². The molecule has 1 aromatic rings. The largest absolute Gasteiger partial charge is 0.313 e. The van der Waals surface area contributed by atoms with Crippen LogP contribution in [0.25, 0.3) is 0 Å². The lowest BCUT2D eigenvalue weighted by molar-refractivity contribution is 0.362. The highest BCUT2D eigenvalue weighted by Gasteiger charge is 2.28. The number of sulfonamides is 1. The van der Waals surface area contributed by atoms with Gasteiger partial charge in [0, 0.05) is 25.2 Å². The van der Waals surface area contributed by atoms with Gasteiger partial charge in [0.2, 0.25) is 0 Å². The van der Waals surface area contributed by atoms with Gasteiger partial charge in [-0.2, -0.15) is 9.40 Å². The summed E-state index contributed by atoms with van der Waals surface area (Å²) in [6, 6.07) is 0. The summed E-state index contributed by atoms with van der Waals surface area (Å²) >= 11 is 0. The van der Waals surface area contributed by atoms with Gasteiger partial charge >= 0.3 is 0 Å². The molecule has 6 nitrogen and oxygen atoms in total. The smallest absolute Gasteiger partial charge is 0.260 e. The van der Waals surface area contributed by atoms with Crippen LogP contribution in [-0.4, -0.2) is 42.6 Å². The third-order valence-corrected chi connectivity index (χ3v) is 5.75. The van der Waals surface area contributed by atoms with Crippen LogP contribution in [-0.2, 0) is 16.6 Å². The van der Waals surface area contributed by atoms with Crippen molar-refractivity contribution < 1.29 is 8.42 Å². The van der Waals surface area contributed by atoms with Crippen LogP contribution in [0.15, 0.2) is 11.2 Å². The van der Waals surface area contributed by atoms with Crippen molar-refractivity contribution in [1.82, 2.24) is 19.8 Å². The molecule has 0 aliphatic carbocycles. The number of nitrogens with one attached hydrogen (secondary N) is 2. The molecule has 0 amide bonds. The number of hydrogen-bond acceptors (Lipinski definition) is 4. The van der Waals surface area contributed by atoms with E-state index in [1.54, 1.807) is 10.5 Å². The highest BCUT2D eigenvalue weighted by atomic mass is 32.2. The average molecular weight is 314 g/mol. The van der Waals surface area contributed by atoms with Crippen LogP contribution in [0.3, 0.4) is 0 Å². The summed E-state index contributed by atoms with van der Waals surface area (Å²) in [5, 5.41) is 10.1. The zero-order valence-corrected chi connectivity index (χ0v) is 13.6. The average Bonchev–Trinajstić information content (AvgIpc) is 2.87. The first kappa shape index (κ1) is 16.5. The summed E-state index contributed by atoms with van der Waals surface area (Å²) < 4.78 is 27.2. The van der Waals surface area contributed by atoms with Crippen molar-refractivity contribution in [2.24, 2.45) is 0 Å². The predicted molar refractivity (Wildman–Crippen MR) is 82.4 cm³/mol. The Bertz CT molecular complexity index is 519. The fraction of sp³-hybridized carbons (Fsp3) is 0.786. The number of aromatic amines is 1. The second kappa shape index (κ2) is 7.91. The van der Waals surface area contributed by atoms with E-state index in [0.29, 0.717) is 19.6 Å². The zero-order chi connectivity index (χ0) is 15.1. The number of hydrogen-bond donors (Lipinski definition) is 2. The monoisotopic (exact) mass is 314 g/mol. The lowest BCUT2D eigenvalue weighted by Gasteiger charge is -2.23. The number of rotatable bonds is 6. The minimum atomic E-state index is -3.45. The molecule has 0 atom stereocenters. The first-order chi connectivity index (χ1) is 10.2. The Balaban J connectivity index is 2.12. The van der Waals surface area contributed by atoms with E-state index in [1.165, 1.54) is 6.42 Å². The quantitative estimate of drug-likeness (QED) is 0.786. The van der Waals surface area contributed by atoms with Gasteiger partial charge in [-0.25, -0.2) is 8.42 Å². The first-order valence-electron chi connectivity index (χ1n) is 7.89. The number of nitrogens with zero attached hydrogens (tertiary/aromatic N) is 2. The fourth-order valence-corrected chi connectivity index (χ4v) is 4.26. The Morgan fingerprint density at radius 2 is 1.90 bits per heavy atom. The molecule has 2 rings (SSSR count). The third kappa shape index (κ3) is 4.28. The molecule has 120 valence electrons. The minimum absolute atomic E-state index is 0.256. The number of aromatic nitrogens is 2. The SMILES string of the molecule is CCCNCc1cn[nH]c1S(=O)(=O)N1CCCCCCC1. The molecule has 2 N–H and O–H groups in total. The van der Waals surface area contributed by atoms with Crippen molar-refractivity contribution in [2.75, 3.05) is 19.6 Å². The van der Waals surface area contributed by atoms with Crippen molar-refractivity contribution in [3.63, 3.8) is 0 Å². The summed E-state index contributed by atoms with van der Waals surface area (Å²) in [6.07, 6.45) is 7.95. The molecule has 21 heavy (non-hydrogen) atoms. The van der Waals surface area contributed by atoms with Gasteiger partial charge in [-0.3, -0.25) is 5.10 Å². The normalized spacial score (nSPS) is 18.3. The maximum absolute atomic E-state index is 12.8.